The lowest BCUT2D eigenvalue weighted by molar-refractivity contribution is -0.125. The topological polar surface area (TPSA) is 109 Å². The van der Waals surface area contributed by atoms with Crippen molar-refractivity contribution in [2.24, 2.45) is 5.16 Å². The molecule has 8 heteroatoms. The van der Waals surface area contributed by atoms with E-state index in [4.69, 9.17) is 5.26 Å². The summed E-state index contributed by atoms with van der Waals surface area (Å²) in [5.41, 5.74) is 1.71. The average molecular weight is 309 g/mol. The second-order valence-corrected chi connectivity index (χ2v) is 6.07. The molecule has 0 atom stereocenters. The highest BCUT2D eigenvalue weighted by molar-refractivity contribution is 8.07. The number of carbonyl (C=O) groups is 1. The fourth-order valence-corrected chi connectivity index (χ4v) is 2.42. The Labute approximate surface area is 123 Å². The number of carbonyl (C=O) groups excluding carboxylic acids is 1. The lowest BCUT2D eigenvalue weighted by atomic mass is 10.1. The summed E-state index contributed by atoms with van der Waals surface area (Å²) in [5, 5.41) is 13.6. The number of oxime groups is 1. The van der Waals surface area contributed by atoms with Crippen molar-refractivity contribution in [1.82, 2.24) is 5.32 Å². The van der Waals surface area contributed by atoms with E-state index in [1.165, 1.54) is 25.2 Å². The minimum Gasteiger partial charge on any atom is -0.384 e. The van der Waals surface area contributed by atoms with Gasteiger partial charge in [-0.3, -0.25) is 4.79 Å². The summed E-state index contributed by atoms with van der Waals surface area (Å²) in [6.45, 7) is 3.14. The minimum atomic E-state index is -4.06. The SMILES string of the molecule is CNC(=O)CO/N=C(\C#N)S(=O)(=O)c1ccc(C)c(C)c1. The zero-order chi connectivity index (χ0) is 16.0. The maximum absolute atomic E-state index is 12.2. The number of nitrogens with zero attached hydrogens (tertiary/aromatic N) is 2. The van der Waals surface area contributed by atoms with Gasteiger partial charge < -0.3 is 10.2 Å². The summed E-state index contributed by atoms with van der Waals surface area (Å²) in [5.74, 6) is -0.486. The van der Waals surface area contributed by atoms with E-state index >= 15 is 0 Å². The molecule has 0 fully saturated rings. The number of amides is 1. The maximum Gasteiger partial charge on any atom is 0.275 e. The fraction of sp³-hybridized carbons (Fsp3) is 0.308. The van der Waals surface area contributed by atoms with E-state index in [0.29, 0.717) is 0 Å². The predicted molar refractivity (Wildman–Crippen MR) is 76.2 cm³/mol. The third kappa shape index (κ3) is 4.03. The van der Waals surface area contributed by atoms with Crippen molar-refractivity contribution in [3.05, 3.63) is 29.3 Å². The van der Waals surface area contributed by atoms with Gasteiger partial charge in [-0.25, -0.2) is 8.42 Å². The summed E-state index contributed by atoms with van der Waals surface area (Å²) in [6.07, 6.45) is 0. The summed E-state index contributed by atoms with van der Waals surface area (Å²) in [4.78, 5) is 15.5. The number of sulfone groups is 1. The molecule has 1 amide bonds. The molecule has 1 aromatic carbocycles. The van der Waals surface area contributed by atoms with Gasteiger partial charge in [-0.1, -0.05) is 11.2 Å². The van der Waals surface area contributed by atoms with Gasteiger partial charge in [-0.05, 0) is 37.1 Å². The number of rotatable bonds is 4. The van der Waals surface area contributed by atoms with Gasteiger partial charge in [0.05, 0.1) is 4.90 Å². The molecule has 0 heterocycles. The molecule has 0 aromatic heterocycles. The second-order valence-electron chi connectivity index (χ2n) is 4.20. The molecule has 0 saturated carbocycles. The molecule has 21 heavy (non-hydrogen) atoms. The highest BCUT2D eigenvalue weighted by atomic mass is 32.2. The Morgan fingerprint density at radius 3 is 2.57 bits per heavy atom. The molecule has 1 rings (SSSR count). The molecule has 0 aliphatic heterocycles. The Kier molecular flexibility index (Phi) is 5.44. The zero-order valence-corrected chi connectivity index (χ0v) is 12.7. The quantitative estimate of drug-likeness (QED) is 0.499. The molecule has 7 nitrogen and oxygen atoms in total. The molecule has 0 bridgehead atoms. The van der Waals surface area contributed by atoms with E-state index in [1.807, 2.05) is 6.92 Å². The van der Waals surface area contributed by atoms with Gasteiger partial charge in [-0.2, -0.15) is 5.26 Å². The van der Waals surface area contributed by atoms with Gasteiger partial charge in [0.25, 0.3) is 11.0 Å². The first-order valence-electron chi connectivity index (χ1n) is 5.96. The fourth-order valence-electron chi connectivity index (χ4n) is 1.34. The standard InChI is InChI=1S/C13H15N3O4S/c1-9-4-5-11(6-10(9)2)21(18,19)13(7-14)16-20-8-12(17)15-3/h4-6H,8H2,1-3H3,(H,15,17)/b16-13+. The number of aryl methyl sites for hydroxylation is 2. The molecule has 0 unspecified atom stereocenters. The number of nitriles is 1. The summed E-state index contributed by atoms with van der Waals surface area (Å²) >= 11 is 0. The van der Waals surface area contributed by atoms with E-state index in [0.717, 1.165) is 11.1 Å². The molecule has 0 aliphatic rings. The lowest BCUT2D eigenvalue weighted by Crippen LogP contribution is -2.23. The van der Waals surface area contributed by atoms with Crippen LogP contribution in [0.5, 0.6) is 0 Å². The van der Waals surface area contributed by atoms with E-state index < -0.39 is 27.4 Å². The van der Waals surface area contributed by atoms with Gasteiger partial charge >= 0.3 is 0 Å². The van der Waals surface area contributed by atoms with Crippen molar-refractivity contribution in [1.29, 1.82) is 5.26 Å². The summed E-state index contributed by atoms with van der Waals surface area (Å²) in [6, 6.07) is 5.96. The van der Waals surface area contributed by atoms with Crippen LogP contribution in [0.4, 0.5) is 0 Å². The largest absolute Gasteiger partial charge is 0.384 e. The average Bonchev–Trinajstić information content (AvgIpc) is 2.45. The van der Waals surface area contributed by atoms with Crippen LogP contribution in [0.25, 0.3) is 0 Å². The lowest BCUT2D eigenvalue weighted by Gasteiger charge is -2.05. The number of hydrogen-bond acceptors (Lipinski definition) is 6. The van der Waals surface area contributed by atoms with E-state index in [-0.39, 0.29) is 4.90 Å². The van der Waals surface area contributed by atoms with E-state index in [2.05, 4.69) is 15.3 Å². The Bertz CT molecular complexity index is 717. The van der Waals surface area contributed by atoms with Crippen molar-refractivity contribution >= 4 is 20.8 Å². The first-order valence-corrected chi connectivity index (χ1v) is 7.44. The van der Waals surface area contributed by atoms with Crippen LogP contribution in [0.3, 0.4) is 0 Å². The molecule has 0 aliphatic carbocycles. The first kappa shape index (κ1) is 16.7. The van der Waals surface area contributed by atoms with Crippen LogP contribution < -0.4 is 5.32 Å². The number of nitrogens with one attached hydrogen (secondary N) is 1. The first-order chi connectivity index (χ1) is 9.82. The van der Waals surface area contributed by atoms with Gasteiger partial charge in [0.1, 0.15) is 6.07 Å². The van der Waals surface area contributed by atoms with Crippen LogP contribution >= 0.6 is 0 Å². The zero-order valence-electron chi connectivity index (χ0n) is 11.9. The Morgan fingerprint density at radius 2 is 2.05 bits per heavy atom. The molecule has 0 radical (unpaired) electrons. The van der Waals surface area contributed by atoms with Gasteiger partial charge in [0.2, 0.25) is 9.84 Å². The van der Waals surface area contributed by atoms with Crippen molar-refractivity contribution in [3.63, 3.8) is 0 Å². The van der Waals surface area contributed by atoms with Crippen LogP contribution in [0.1, 0.15) is 11.1 Å². The molecule has 0 spiro atoms. The van der Waals surface area contributed by atoms with Crippen molar-refractivity contribution in [2.75, 3.05) is 13.7 Å². The van der Waals surface area contributed by atoms with Crippen molar-refractivity contribution in [3.8, 4) is 6.07 Å². The molecule has 1 aromatic rings. The van der Waals surface area contributed by atoms with Crippen LogP contribution in [0, 0.1) is 25.2 Å². The van der Waals surface area contributed by atoms with Gasteiger partial charge in [-0.15, -0.1) is 0 Å². The normalized spacial score (nSPS) is 11.6. The van der Waals surface area contributed by atoms with Crippen LogP contribution in [-0.4, -0.2) is 33.0 Å². The van der Waals surface area contributed by atoms with Crippen molar-refractivity contribution in [2.45, 2.75) is 18.7 Å². The molecule has 1 N–H and O–H groups in total. The van der Waals surface area contributed by atoms with Crippen LogP contribution in [0.2, 0.25) is 0 Å². The Hall–Kier alpha value is -2.40. The van der Waals surface area contributed by atoms with Gasteiger partial charge in [0.15, 0.2) is 6.61 Å². The monoisotopic (exact) mass is 309 g/mol. The highest BCUT2D eigenvalue weighted by Crippen LogP contribution is 2.17. The smallest absolute Gasteiger partial charge is 0.275 e. The molecule has 112 valence electrons. The Morgan fingerprint density at radius 1 is 1.38 bits per heavy atom. The number of benzene rings is 1. The molecular weight excluding hydrogens is 294 g/mol. The highest BCUT2D eigenvalue weighted by Gasteiger charge is 2.24. The number of likely N-dealkylation sites (N-methyl/N-ethyl adjacent to an activating group) is 1. The van der Waals surface area contributed by atoms with Gasteiger partial charge in [0, 0.05) is 7.05 Å². The third-order valence-electron chi connectivity index (χ3n) is 2.76. The maximum atomic E-state index is 12.2. The van der Waals surface area contributed by atoms with Crippen molar-refractivity contribution < 1.29 is 18.0 Å². The second kappa shape index (κ2) is 6.85. The summed E-state index contributed by atoms with van der Waals surface area (Å²) in [7, 11) is -2.67. The van der Waals surface area contributed by atoms with E-state index in [9.17, 15) is 13.2 Å². The van der Waals surface area contributed by atoms with E-state index in [1.54, 1.807) is 13.0 Å². The Balaban J connectivity index is 3.08. The summed E-state index contributed by atoms with van der Waals surface area (Å²) < 4.78 is 24.5. The van der Waals surface area contributed by atoms with Crippen LogP contribution in [-0.2, 0) is 19.5 Å². The predicted octanol–water partition coefficient (Wildman–Crippen LogP) is 0.677. The number of hydrogen-bond donors (Lipinski definition) is 1. The minimum absolute atomic E-state index is 0.0468. The van der Waals surface area contributed by atoms with Crippen LogP contribution in [0.15, 0.2) is 28.3 Å². The molecule has 0 saturated heterocycles. The molecular formula is C13H15N3O4S. The third-order valence-corrected chi connectivity index (χ3v) is 4.31.